The normalized spacial score (nSPS) is 11.4. The molecule has 21 heavy (non-hydrogen) atoms. The van der Waals surface area contributed by atoms with Gasteiger partial charge in [-0.3, -0.25) is 4.79 Å². The number of carbonyl (C=O) groups excluding carboxylic acids is 1. The van der Waals surface area contributed by atoms with Crippen molar-refractivity contribution in [1.82, 2.24) is 4.72 Å². The second-order valence-electron chi connectivity index (χ2n) is 4.69. The zero-order valence-corrected chi connectivity index (χ0v) is 13.8. The monoisotopic (exact) mass is 333 g/mol. The van der Waals surface area contributed by atoms with Crippen LogP contribution in [0.3, 0.4) is 0 Å². The first kappa shape index (κ1) is 17.9. The number of halogens is 1. The van der Waals surface area contributed by atoms with Gasteiger partial charge in [0.15, 0.2) is 0 Å². The molecule has 0 heterocycles. The summed E-state index contributed by atoms with van der Waals surface area (Å²) in [5, 5.41) is 0.388. The Morgan fingerprint density at radius 2 is 2.00 bits per heavy atom. The molecule has 5 nitrogen and oxygen atoms in total. The summed E-state index contributed by atoms with van der Waals surface area (Å²) in [6.07, 6.45) is 2.46. The molecule has 0 saturated heterocycles. The average molecular weight is 334 g/mol. The Bertz CT molecular complexity index is 587. The van der Waals surface area contributed by atoms with E-state index in [9.17, 15) is 13.2 Å². The van der Waals surface area contributed by atoms with Crippen LogP contribution in [0.5, 0.6) is 0 Å². The van der Waals surface area contributed by atoms with Crippen molar-refractivity contribution in [2.45, 2.75) is 37.5 Å². The number of aryl methyl sites for hydroxylation is 1. The molecule has 1 aromatic carbocycles. The summed E-state index contributed by atoms with van der Waals surface area (Å²) in [7, 11) is -2.20. The van der Waals surface area contributed by atoms with Crippen LogP contribution in [0, 0.1) is 6.92 Å². The van der Waals surface area contributed by atoms with Crippen molar-refractivity contribution in [1.29, 1.82) is 0 Å². The molecule has 1 N–H and O–H groups in total. The molecule has 0 aliphatic rings. The molecule has 0 aliphatic heterocycles. The number of methoxy groups -OCH3 is 1. The number of benzene rings is 1. The lowest BCUT2D eigenvalue weighted by atomic mass is 10.2. The van der Waals surface area contributed by atoms with E-state index in [0.29, 0.717) is 36.4 Å². The predicted molar refractivity (Wildman–Crippen MR) is 81.9 cm³/mol. The van der Waals surface area contributed by atoms with Gasteiger partial charge in [-0.1, -0.05) is 24.1 Å². The van der Waals surface area contributed by atoms with Crippen LogP contribution in [0.4, 0.5) is 0 Å². The van der Waals surface area contributed by atoms with Crippen molar-refractivity contribution < 1.29 is 17.9 Å². The highest BCUT2D eigenvalue weighted by Crippen LogP contribution is 2.19. The molecule has 0 atom stereocenters. The number of carbonyl (C=O) groups is 1. The summed E-state index contributed by atoms with van der Waals surface area (Å²) in [4.78, 5) is 11.1. The third-order valence-electron chi connectivity index (χ3n) is 3.02. The number of rotatable bonds is 8. The highest BCUT2D eigenvalue weighted by Gasteiger charge is 2.16. The van der Waals surface area contributed by atoms with E-state index in [1.807, 2.05) is 0 Å². The number of hydrogen-bond donors (Lipinski definition) is 1. The van der Waals surface area contributed by atoms with Crippen LogP contribution in [-0.2, 0) is 19.6 Å². The number of hydrogen-bond acceptors (Lipinski definition) is 4. The van der Waals surface area contributed by atoms with Crippen LogP contribution in [0.15, 0.2) is 23.1 Å². The van der Waals surface area contributed by atoms with Gasteiger partial charge in [0.2, 0.25) is 10.0 Å². The van der Waals surface area contributed by atoms with E-state index in [0.717, 1.165) is 6.42 Å². The lowest BCUT2D eigenvalue weighted by Gasteiger charge is -2.09. The number of unbranched alkanes of at least 4 members (excludes halogenated alkanes) is 2. The second kappa shape index (κ2) is 8.36. The minimum absolute atomic E-state index is 0.199. The summed E-state index contributed by atoms with van der Waals surface area (Å²) in [6.45, 7) is 2.05. The lowest BCUT2D eigenvalue weighted by Crippen LogP contribution is -2.25. The number of esters is 1. The molecule has 1 aromatic rings. The van der Waals surface area contributed by atoms with E-state index < -0.39 is 10.0 Å². The molecule has 0 fully saturated rings. The first-order valence-corrected chi connectivity index (χ1v) is 8.55. The number of sulfonamides is 1. The summed E-state index contributed by atoms with van der Waals surface area (Å²) in [6, 6.07) is 4.77. The number of ether oxygens (including phenoxy) is 1. The Morgan fingerprint density at radius 3 is 2.67 bits per heavy atom. The Morgan fingerprint density at radius 1 is 1.29 bits per heavy atom. The van der Waals surface area contributed by atoms with Crippen molar-refractivity contribution in [2.24, 2.45) is 0 Å². The quantitative estimate of drug-likeness (QED) is 0.586. The Hall–Kier alpha value is -1.11. The van der Waals surface area contributed by atoms with Gasteiger partial charge >= 0.3 is 5.97 Å². The predicted octanol–water partition coefficient (Wildman–Crippen LogP) is 2.66. The minimum Gasteiger partial charge on any atom is -0.469 e. The van der Waals surface area contributed by atoms with Gasteiger partial charge in [0.05, 0.1) is 12.0 Å². The highest BCUT2D eigenvalue weighted by molar-refractivity contribution is 7.89. The van der Waals surface area contributed by atoms with Crippen molar-refractivity contribution in [3.8, 4) is 0 Å². The molecular weight excluding hydrogens is 314 g/mol. The molecule has 0 radical (unpaired) electrons. The largest absolute Gasteiger partial charge is 0.469 e. The van der Waals surface area contributed by atoms with E-state index >= 15 is 0 Å². The average Bonchev–Trinajstić information content (AvgIpc) is 2.44. The molecule has 0 unspecified atom stereocenters. The molecule has 1 rings (SSSR count). The maximum Gasteiger partial charge on any atom is 0.305 e. The molecule has 0 bridgehead atoms. The lowest BCUT2D eigenvalue weighted by molar-refractivity contribution is -0.140. The van der Waals surface area contributed by atoms with Gasteiger partial charge in [0.1, 0.15) is 0 Å². The highest BCUT2D eigenvalue weighted by atomic mass is 35.5. The van der Waals surface area contributed by atoms with E-state index in [1.54, 1.807) is 19.1 Å². The third-order valence-corrected chi connectivity index (χ3v) is 4.86. The van der Waals surface area contributed by atoms with Crippen LogP contribution in [-0.4, -0.2) is 28.0 Å². The third kappa shape index (κ3) is 6.03. The summed E-state index contributed by atoms with van der Waals surface area (Å²) < 4.78 is 31.4. The minimum atomic E-state index is -3.55. The smallest absolute Gasteiger partial charge is 0.305 e. The summed E-state index contributed by atoms with van der Waals surface area (Å²) in [5.74, 6) is -0.245. The number of nitrogens with one attached hydrogen (secondary N) is 1. The van der Waals surface area contributed by atoms with Gasteiger partial charge in [0.25, 0.3) is 0 Å². The summed E-state index contributed by atoms with van der Waals surface area (Å²) >= 11 is 5.83. The summed E-state index contributed by atoms with van der Waals surface area (Å²) in [5.41, 5.74) is 0.651. The van der Waals surface area contributed by atoms with E-state index in [4.69, 9.17) is 11.6 Å². The van der Waals surface area contributed by atoms with Crippen LogP contribution in [0.2, 0.25) is 5.02 Å². The molecule has 0 saturated carbocycles. The van der Waals surface area contributed by atoms with E-state index in [1.165, 1.54) is 13.2 Å². The molecule has 0 aromatic heterocycles. The fourth-order valence-corrected chi connectivity index (χ4v) is 3.40. The zero-order chi connectivity index (χ0) is 15.9. The standard InChI is InChI=1S/C14H20ClNO4S/c1-11-7-8-12(15)10-13(11)21(18,19)16-9-5-3-4-6-14(17)20-2/h7-8,10,16H,3-6,9H2,1-2H3. The Labute approximate surface area is 130 Å². The molecule has 0 aliphatic carbocycles. The molecular formula is C14H20ClNO4S. The van der Waals surface area contributed by atoms with Crippen LogP contribution >= 0.6 is 11.6 Å². The van der Waals surface area contributed by atoms with Gasteiger partial charge < -0.3 is 4.74 Å². The van der Waals surface area contributed by atoms with Gasteiger partial charge in [0, 0.05) is 18.0 Å². The van der Waals surface area contributed by atoms with Crippen molar-refractivity contribution in [3.63, 3.8) is 0 Å². The van der Waals surface area contributed by atoms with Crippen molar-refractivity contribution >= 4 is 27.6 Å². The fraction of sp³-hybridized carbons (Fsp3) is 0.500. The SMILES string of the molecule is COC(=O)CCCCCNS(=O)(=O)c1cc(Cl)ccc1C. The van der Waals surface area contributed by atoms with Crippen molar-refractivity contribution in [3.05, 3.63) is 28.8 Å². The Kier molecular flexibility index (Phi) is 7.14. The van der Waals surface area contributed by atoms with Crippen molar-refractivity contribution in [2.75, 3.05) is 13.7 Å². The van der Waals surface area contributed by atoms with Crippen LogP contribution in [0.1, 0.15) is 31.2 Å². The molecule has 0 spiro atoms. The van der Waals surface area contributed by atoms with Crippen LogP contribution < -0.4 is 4.72 Å². The van der Waals surface area contributed by atoms with Gasteiger partial charge in [-0.15, -0.1) is 0 Å². The molecule has 7 heteroatoms. The van der Waals surface area contributed by atoms with E-state index in [2.05, 4.69) is 9.46 Å². The first-order chi connectivity index (χ1) is 9.86. The van der Waals surface area contributed by atoms with E-state index in [-0.39, 0.29) is 10.9 Å². The maximum atomic E-state index is 12.1. The molecule has 118 valence electrons. The van der Waals surface area contributed by atoms with Crippen LogP contribution in [0.25, 0.3) is 0 Å². The Balaban J connectivity index is 2.43. The van der Waals surface area contributed by atoms with Gasteiger partial charge in [-0.05, 0) is 37.5 Å². The molecule has 0 amide bonds. The zero-order valence-electron chi connectivity index (χ0n) is 12.2. The maximum absolute atomic E-state index is 12.1. The second-order valence-corrected chi connectivity index (χ2v) is 6.87. The topological polar surface area (TPSA) is 72.5 Å². The fourth-order valence-electron chi connectivity index (χ4n) is 1.82. The van der Waals surface area contributed by atoms with Gasteiger partial charge in [-0.25, -0.2) is 13.1 Å². The first-order valence-electron chi connectivity index (χ1n) is 6.69. The van der Waals surface area contributed by atoms with Gasteiger partial charge in [-0.2, -0.15) is 0 Å².